The van der Waals surface area contributed by atoms with E-state index in [0.29, 0.717) is 52.6 Å². The Kier molecular flexibility index (Phi) is 10.3. The van der Waals surface area contributed by atoms with Crippen LogP contribution >= 0.6 is 20.4 Å². The average Bonchev–Trinajstić information content (AvgIpc) is 3.56. The fourth-order valence-corrected chi connectivity index (χ4v) is 6.77. The highest BCUT2D eigenvalue weighted by Crippen LogP contribution is 3.02. The number of Topliss-reactive ketones (excluding diaryl/α,β-unsaturated/α-hetero) is 1. The van der Waals surface area contributed by atoms with Crippen molar-refractivity contribution in [2.24, 2.45) is 5.73 Å². The summed E-state index contributed by atoms with van der Waals surface area (Å²) in [4.78, 5) is 28.2. The van der Waals surface area contributed by atoms with Gasteiger partial charge < -0.3 is 10.8 Å². The summed E-state index contributed by atoms with van der Waals surface area (Å²) >= 11 is 0. The van der Waals surface area contributed by atoms with E-state index in [-0.39, 0.29) is 42.0 Å². The predicted molar refractivity (Wildman–Crippen MR) is 193 cm³/mol. The summed E-state index contributed by atoms with van der Waals surface area (Å²) in [6.07, 6.45) is 3.23. The second kappa shape index (κ2) is 13.3. The van der Waals surface area contributed by atoms with Crippen molar-refractivity contribution < 1.29 is 53.6 Å². The number of imidazole rings is 2. The second-order valence-electron chi connectivity index (χ2n) is 12.6. The van der Waals surface area contributed by atoms with Gasteiger partial charge in [-0.1, -0.05) is 63.1 Å². The molecule has 0 aliphatic carbocycles. The fraction of sp³-hybridized carbons (Fsp3) is 0.200. The molecule has 0 spiro atoms. The number of rotatable bonds is 8. The van der Waals surface area contributed by atoms with Gasteiger partial charge in [0.25, 0.3) is 0 Å². The minimum atomic E-state index is -9.73. The number of fused-ring (bicyclic) bond motifs is 2. The number of benzene rings is 2. The quantitative estimate of drug-likeness (QED) is 0.117. The van der Waals surface area contributed by atoms with Gasteiger partial charge in [0.15, 0.2) is 11.5 Å². The lowest BCUT2D eigenvalue weighted by Crippen LogP contribution is -2.08. The Labute approximate surface area is 308 Å². The lowest BCUT2D eigenvalue weighted by Gasteiger charge is -2.40. The van der Waals surface area contributed by atoms with Crippen LogP contribution in [0.15, 0.2) is 95.0 Å². The minimum absolute atomic E-state index is 0.0238. The van der Waals surface area contributed by atoms with Crippen LogP contribution in [0.25, 0.3) is 11.3 Å². The van der Waals surface area contributed by atoms with E-state index in [4.69, 9.17) is 10.8 Å². The number of carbonyl (C=O) groups excluding carboxylic acids is 1. The molecule has 8 nitrogen and oxygen atoms in total. The van der Waals surface area contributed by atoms with E-state index in [0.717, 1.165) is 23.3 Å². The Morgan fingerprint density at radius 3 is 1.49 bits per heavy atom. The molecule has 300 valence electrons. The first-order valence-corrected chi connectivity index (χ1v) is 19.8. The molecule has 0 aliphatic heterocycles. The Morgan fingerprint density at radius 1 is 0.636 bits per heavy atom. The van der Waals surface area contributed by atoms with E-state index in [1.165, 1.54) is 12.1 Å². The van der Waals surface area contributed by atoms with E-state index in [9.17, 15) is 48.4 Å². The number of carboxylic acid groups (broad SMARTS) is 1. The van der Waals surface area contributed by atoms with Crippen LogP contribution in [0.4, 0.5) is 38.9 Å². The number of carboxylic acids is 1. The second-order valence-corrected chi connectivity index (χ2v) is 17.4. The molecule has 6 rings (SSSR count). The van der Waals surface area contributed by atoms with E-state index in [1.807, 2.05) is 38.1 Å². The monoisotopic (exact) mass is 827 g/mol. The minimum Gasteiger partial charge on any atom is -0.477 e. The largest absolute Gasteiger partial charge is 0.477 e. The van der Waals surface area contributed by atoms with E-state index in [1.54, 1.807) is 35.0 Å². The van der Waals surface area contributed by atoms with Gasteiger partial charge in [-0.2, -0.15) is 0 Å². The molecule has 0 atom stereocenters. The molecule has 4 heterocycles. The Morgan fingerprint density at radius 2 is 1.05 bits per heavy atom. The molecule has 0 radical (unpaired) electrons. The zero-order valence-electron chi connectivity index (χ0n) is 29.4. The van der Waals surface area contributed by atoms with Gasteiger partial charge in [0.1, 0.15) is 26.8 Å². The summed E-state index contributed by atoms with van der Waals surface area (Å²) < 4.78 is 129. The highest BCUT2D eigenvalue weighted by Gasteiger charge is 2.66. The van der Waals surface area contributed by atoms with Gasteiger partial charge in [-0.25, -0.2) is 14.8 Å². The van der Waals surface area contributed by atoms with Crippen LogP contribution in [0.2, 0.25) is 0 Å². The van der Waals surface area contributed by atoms with E-state index in [2.05, 4.69) is 9.97 Å². The van der Waals surface area contributed by atoms with Crippen molar-refractivity contribution in [3.63, 3.8) is 0 Å². The molecule has 2 aromatic carbocycles. The maximum absolute atomic E-state index is 12.9. The molecular weight excluding hydrogens is 793 g/mol. The number of nitrogens with zero attached hydrogens (tertiary/aromatic N) is 4. The summed E-state index contributed by atoms with van der Waals surface area (Å²) in [7, 11) is -19.3. The van der Waals surface area contributed by atoms with Crippen LogP contribution in [0.1, 0.15) is 61.0 Å². The molecular formula is C35H35F10N5O3S2. The first kappa shape index (κ1) is 42.7. The average molecular weight is 828 g/mol. The maximum atomic E-state index is 12.9. The third kappa shape index (κ3) is 10.8. The van der Waals surface area contributed by atoms with Crippen LogP contribution in [0.5, 0.6) is 0 Å². The normalized spacial score (nSPS) is 14.4. The fourth-order valence-electron chi connectivity index (χ4n) is 5.35. The van der Waals surface area contributed by atoms with Crippen molar-refractivity contribution in [2.45, 2.75) is 56.9 Å². The number of hydrogen-bond acceptors (Lipinski definition) is 5. The highest BCUT2D eigenvalue weighted by molar-refractivity contribution is 8.46. The zero-order chi connectivity index (χ0) is 41.5. The Hall–Kier alpha value is -5.08. The summed E-state index contributed by atoms with van der Waals surface area (Å²) in [6.45, 7) is 7.00. The molecule has 0 bridgehead atoms. The smallest absolute Gasteiger partial charge is 0.354 e. The molecule has 0 saturated carbocycles. The topological polar surface area (TPSA) is 115 Å². The molecule has 3 N–H and O–H groups in total. The number of carbonyl (C=O) groups is 2. The van der Waals surface area contributed by atoms with Crippen molar-refractivity contribution in [2.75, 3.05) is 0 Å². The summed E-state index contributed by atoms with van der Waals surface area (Å²) in [6, 6.07) is 13.2. The van der Waals surface area contributed by atoms with Gasteiger partial charge in [0.2, 0.25) is 0 Å². The first-order valence-electron chi connectivity index (χ1n) is 15.9. The number of aryl methyl sites for hydroxylation is 5. The SMILES string of the molecule is Cc1ccn2c(C(=O)CCc3cccc(S(F)(F)(F)(F)F)c3)c(C)nc2c1.Cc1ccn2c(C(=O)O)c(C)nc2c1.NCc1cccc(S(F)(F)(F)(F)F)c1. The molecule has 6 aromatic rings. The van der Waals surface area contributed by atoms with Gasteiger partial charge in [-0.05, 0) is 105 Å². The third-order valence-corrected chi connectivity index (χ3v) is 10.2. The van der Waals surface area contributed by atoms with Crippen molar-refractivity contribution in [1.29, 1.82) is 0 Å². The number of ketones is 1. The van der Waals surface area contributed by atoms with Crippen LogP contribution in [0, 0.1) is 27.7 Å². The molecule has 55 heavy (non-hydrogen) atoms. The lowest BCUT2D eigenvalue weighted by atomic mass is 10.1. The number of aromatic nitrogens is 4. The number of aromatic carboxylic acids is 1. The van der Waals surface area contributed by atoms with Gasteiger partial charge >= 0.3 is 26.4 Å². The van der Waals surface area contributed by atoms with Crippen LogP contribution in [-0.2, 0) is 13.0 Å². The number of pyridine rings is 2. The lowest BCUT2D eigenvalue weighted by molar-refractivity contribution is 0.0688. The van der Waals surface area contributed by atoms with Crippen molar-refractivity contribution in [3.8, 4) is 0 Å². The standard InChI is InChI=1S/C18H17F5N2OS.C10H10N2O2.C7H8F5NS/c1-12-8-9-25-17(10-12)24-13(2)18(25)16(26)7-6-14-4-3-5-15(11-14)27(19,20,21,22)23;1-6-3-4-12-8(5-6)11-7(2)9(12)10(13)14;8-14(9,10,11,12)7-3-1-2-6(4-7)5-13/h3-5,8-11H,6-7H2,1-2H3;3-5H,1-2H3,(H,13,14);1-4H,5,13H2. The zero-order valence-corrected chi connectivity index (χ0v) is 31.1. The Balaban J connectivity index is 0.000000202. The molecule has 4 aromatic heterocycles. The highest BCUT2D eigenvalue weighted by atomic mass is 32.5. The Bertz CT molecular complexity index is 2450. The third-order valence-electron chi connectivity index (χ3n) is 7.94. The van der Waals surface area contributed by atoms with E-state index < -0.39 is 36.2 Å². The van der Waals surface area contributed by atoms with Crippen molar-refractivity contribution >= 4 is 43.5 Å². The number of nitrogens with two attached hydrogens (primary N) is 1. The van der Waals surface area contributed by atoms with Crippen LogP contribution < -0.4 is 5.73 Å². The van der Waals surface area contributed by atoms with Crippen molar-refractivity contribution in [3.05, 3.63) is 130 Å². The molecule has 0 unspecified atom stereocenters. The van der Waals surface area contributed by atoms with Gasteiger partial charge in [0.05, 0.1) is 11.4 Å². The number of hydrogen-bond donors (Lipinski definition) is 2. The predicted octanol–water partition coefficient (Wildman–Crippen LogP) is 11.9. The van der Waals surface area contributed by atoms with Gasteiger partial charge in [0, 0.05) is 25.4 Å². The summed E-state index contributed by atoms with van der Waals surface area (Å²) in [5.41, 5.74) is 10.0. The van der Waals surface area contributed by atoms with Crippen LogP contribution in [-0.4, -0.2) is 35.6 Å². The summed E-state index contributed by atoms with van der Waals surface area (Å²) in [5.74, 6) is -1.26. The maximum Gasteiger partial charge on any atom is 0.354 e. The molecule has 0 saturated heterocycles. The molecule has 20 heteroatoms. The summed E-state index contributed by atoms with van der Waals surface area (Å²) in [5, 5.41) is 8.96. The van der Waals surface area contributed by atoms with Crippen LogP contribution in [0.3, 0.4) is 0 Å². The van der Waals surface area contributed by atoms with Crippen molar-refractivity contribution in [1.82, 2.24) is 18.8 Å². The van der Waals surface area contributed by atoms with E-state index >= 15 is 0 Å². The molecule has 0 aliphatic rings. The first-order chi connectivity index (χ1) is 24.9. The van der Waals surface area contributed by atoms with Gasteiger partial charge in [-0.15, -0.1) is 0 Å². The van der Waals surface area contributed by atoms with Gasteiger partial charge in [-0.3, -0.25) is 13.6 Å². The molecule has 0 fully saturated rings. The molecule has 0 amide bonds. The number of halogens is 10.